The number of aliphatic hydroxyl groups excluding tert-OH is 1. The van der Waals surface area contributed by atoms with E-state index in [9.17, 15) is 5.11 Å². The maximum atomic E-state index is 10.1. The number of rotatable bonds is 0. The van der Waals surface area contributed by atoms with Crippen molar-refractivity contribution in [1.82, 2.24) is 0 Å². The third-order valence-electron chi connectivity index (χ3n) is 4.00. The normalized spacial score (nSPS) is 17.8. The first-order valence-electron chi connectivity index (χ1n) is 6.63. The molecule has 1 heteroatoms. The molecule has 0 saturated carbocycles. The van der Waals surface area contributed by atoms with Gasteiger partial charge in [-0.2, -0.15) is 0 Å². The lowest BCUT2D eigenvalue weighted by atomic mass is 9.89. The number of hydrogen-bond acceptors (Lipinski definition) is 1. The molecule has 0 amide bonds. The second-order valence-electron chi connectivity index (χ2n) is 5.10. The Kier molecular flexibility index (Phi) is 2.23. The Morgan fingerprint density at radius 2 is 1.68 bits per heavy atom. The molecule has 0 fully saturated rings. The summed E-state index contributed by atoms with van der Waals surface area (Å²) in [6, 6.07) is 17.0. The van der Waals surface area contributed by atoms with Crippen molar-refractivity contribution in [1.29, 1.82) is 0 Å². The average molecular weight is 246 g/mol. The zero-order valence-electron chi connectivity index (χ0n) is 10.5. The Balaban J connectivity index is 2.17. The average Bonchev–Trinajstić information content (AvgIpc) is 2.47. The fourth-order valence-corrected chi connectivity index (χ4v) is 3.05. The Labute approximate surface area is 111 Å². The van der Waals surface area contributed by atoms with Gasteiger partial charge < -0.3 is 5.11 Å². The molecule has 1 nitrogen and oxygen atoms in total. The molecule has 0 aromatic heterocycles. The minimum absolute atomic E-state index is 0.365. The molecule has 3 aromatic rings. The summed E-state index contributed by atoms with van der Waals surface area (Å²) in [7, 11) is 0. The Bertz CT molecular complexity index is 814. The summed E-state index contributed by atoms with van der Waals surface area (Å²) in [5.74, 6) is 0. The van der Waals surface area contributed by atoms with Crippen molar-refractivity contribution >= 4 is 27.6 Å². The van der Waals surface area contributed by atoms with Gasteiger partial charge in [0, 0.05) is 0 Å². The first kappa shape index (κ1) is 10.8. The minimum atomic E-state index is -0.365. The lowest BCUT2D eigenvalue weighted by molar-refractivity contribution is 0.180. The van der Waals surface area contributed by atoms with Crippen LogP contribution in [0, 0.1) is 0 Å². The smallest absolute Gasteiger partial charge is 0.0830 e. The monoisotopic (exact) mass is 246 g/mol. The van der Waals surface area contributed by atoms with E-state index >= 15 is 0 Å². The quantitative estimate of drug-likeness (QED) is 0.581. The van der Waals surface area contributed by atoms with Crippen LogP contribution >= 0.6 is 0 Å². The second kappa shape index (κ2) is 3.94. The number of aliphatic hydroxyl groups is 1. The van der Waals surface area contributed by atoms with E-state index in [0.29, 0.717) is 6.42 Å². The number of benzene rings is 3. The van der Waals surface area contributed by atoms with Crippen molar-refractivity contribution in [2.24, 2.45) is 0 Å². The molecule has 1 aliphatic rings. The van der Waals surface area contributed by atoms with Crippen LogP contribution in [0.1, 0.15) is 23.7 Å². The van der Waals surface area contributed by atoms with Gasteiger partial charge in [-0.25, -0.2) is 0 Å². The molecule has 1 aliphatic carbocycles. The van der Waals surface area contributed by atoms with E-state index in [1.807, 2.05) is 0 Å². The van der Waals surface area contributed by atoms with Gasteiger partial charge in [0.05, 0.1) is 6.10 Å². The molecule has 0 aliphatic heterocycles. The van der Waals surface area contributed by atoms with Gasteiger partial charge in [-0.3, -0.25) is 0 Å². The lowest BCUT2D eigenvalue weighted by Gasteiger charge is -2.19. The van der Waals surface area contributed by atoms with Crippen molar-refractivity contribution < 1.29 is 5.11 Å². The summed E-state index contributed by atoms with van der Waals surface area (Å²) < 4.78 is 0. The fourth-order valence-electron chi connectivity index (χ4n) is 3.05. The van der Waals surface area contributed by atoms with Crippen molar-refractivity contribution in [3.8, 4) is 0 Å². The van der Waals surface area contributed by atoms with E-state index in [4.69, 9.17) is 0 Å². The van der Waals surface area contributed by atoms with E-state index in [1.165, 1.54) is 27.1 Å². The van der Waals surface area contributed by atoms with Gasteiger partial charge in [-0.15, -0.1) is 0 Å². The van der Waals surface area contributed by atoms with Gasteiger partial charge in [0.15, 0.2) is 0 Å². The summed E-state index contributed by atoms with van der Waals surface area (Å²) in [6.45, 7) is 0. The molecule has 0 bridgehead atoms. The van der Waals surface area contributed by atoms with Crippen LogP contribution in [0.5, 0.6) is 0 Å². The van der Waals surface area contributed by atoms with Crippen LogP contribution in [0.15, 0.2) is 54.6 Å². The molecular formula is C18H14O. The van der Waals surface area contributed by atoms with Crippen LogP contribution in [0.4, 0.5) is 0 Å². The number of fused-ring (bicyclic) bond motifs is 5. The standard InChI is InChI=1S/C18H14O/c19-18-7-3-6-14-16-9-8-12-4-1-2-5-13(12)15(16)10-11-17(14)18/h1-6,8-11,18-19H,7H2. The summed E-state index contributed by atoms with van der Waals surface area (Å²) >= 11 is 0. The third-order valence-corrected chi connectivity index (χ3v) is 4.00. The van der Waals surface area contributed by atoms with Gasteiger partial charge in [0.2, 0.25) is 0 Å². The summed E-state index contributed by atoms with van der Waals surface area (Å²) in [6.07, 6.45) is 4.54. The third kappa shape index (κ3) is 1.52. The largest absolute Gasteiger partial charge is 0.388 e. The SMILES string of the molecule is OC1CC=Cc2c1ccc1c2ccc2ccccc21. The van der Waals surface area contributed by atoms with Gasteiger partial charge >= 0.3 is 0 Å². The molecule has 4 rings (SSSR count). The van der Waals surface area contributed by atoms with Crippen LogP contribution in [-0.2, 0) is 0 Å². The van der Waals surface area contributed by atoms with E-state index < -0.39 is 0 Å². The molecule has 1 unspecified atom stereocenters. The predicted molar refractivity (Wildman–Crippen MR) is 80.1 cm³/mol. The molecular weight excluding hydrogens is 232 g/mol. The molecule has 0 spiro atoms. The Morgan fingerprint density at radius 1 is 0.842 bits per heavy atom. The summed E-state index contributed by atoms with van der Waals surface area (Å²) in [5, 5.41) is 15.1. The van der Waals surface area contributed by atoms with Crippen molar-refractivity contribution in [3.63, 3.8) is 0 Å². The molecule has 1 atom stereocenters. The minimum Gasteiger partial charge on any atom is -0.388 e. The summed E-state index contributed by atoms with van der Waals surface area (Å²) in [5.41, 5.74) is 2.22. The maximum absolute atomic E-state index is 10.1. The number of hydrogen-bond donors (Lipinski definition) is 1. The summed E-state index contributed by atoms with van der Waals surface area (Å²) in [4.78, 5) is 0. The predicted octanol–water partition coefficient (Wildman–Crippen LogP) is 4.44. The Morgan fingerprint density at radius 3 is 2.63 bits per heavy atom. The van der Waals surface area contributed by atoms with Crippen molar-refractivity contribution in [3.05, 3.63) is 65.7 Å². The first-order chi connectivity index (χ1) is 9.34. The molecule has 92 valence electrons. The highest BCUT2D eigenvalue weighted by molar-refractivity contribution is 6.10. The van der Waals surface area contributed by atoms with E-state index in [0.717, 1.165) is 5.56 Å². The van der Waals surface area contributed by atoms with Crippen LogP contribution in [0.3, 0.4) is 0 Å². The highest BCUT2D eigenvalue weighted by Gasteiger charge is 2.16. The van der Waals surface area contributed by atoms with Crippen LogP contribution in [-0.4, -0.2) is 5.11 Å². The molecule has 0 saturated heterocycles. The lowest BCUT2D eigenvalue weighted by Crippen LogP contribution is -2.03. The zero-order valence-corrected chi connectivity index (χ0v) is 10.5. The molecule has 0 heterocycles. The fraction of sp³-hybridized carbons (Fsp3) is 0.111. The molecule has 1 N–H and O–H groups in total. The van der Waals surface area contributed by atoms with Gasteiger partial charge in [0.1, 0.15) is 0 Å². The van der Waals surface area contributed by atoms with Gasteiger partial charge in [0.25, 0.3) is 0 Å². The topological polar surface area (TPSA) is 20.2 Å². The highest BCUT2D eigenvalue weighted by Crippen LogP contribution is 2.35. The Hall–Kier alpha value is -2.12. The van der Waals surface area contributed by atoms with E-state index in [1.54, 1.807) is 0 Å². The van der Waals surface area contributed by atoms with Crippen LogP contribution in [0.25, 0.3) is 27.6 Å². The van der Waals surface area contributed by atoms with Crippen LogP contribution < -0.4 is 0 Å². The van der Waals surface area contributed by atoms with Crippen molar-refractivity contribution in [2.75, 3.05) is 0 Å². The molecule has 3 aromatic carbocycles. The molecule has 0 radical (unpaired) electrons. The van der Waals surface area contributed by atoms with E-state index in [2.05, 4.69) is 60.7 Å². The van der Waals surface area contributed by atoms with Gasteiger partial charge in [-0.1, -0.05) is 60.7 Å². The zero-order chi connectivity index (χ0) is 12.8. The van der Waals surface area contributed by atoms with Crippen LogP contribution in [0.2, 0.25) is 0 Å². The van der Waals surface area contributed by atoms with Gasteiger partial charge in [-0.05, 0) is 39.1 Å². The molecule has 19 heavy (non-hydrogen) atoms. The van der Waals surface area contributed by atoms with E-state index in [-0.39, 0.29) is 6.10 Å². The highest BCUT2D eigenvalue weighted by atomic mass is 16.3. The van der Waals surface area contributed by atoms with Crippen molar-refractivity contribution in [2.45, 2.75) is 12.5 Å². The first-order valence-corrected chi connectivity index (χ1v) is 6.63. The maximum Gasteiger partial charge on any atom is 0.0830 e. The second-order valence-corrected chi connectivity index (χ2v) is 5.10.